The lowest BCUT2D eigenvalue weighted by Crippen LogP contribution is -2.08. The van der Waals surface area contributed by atoms with Gasteiger partial charge < -0.3 is 10.5 Å². The van der Waals surface area contributed by atoms with Gasteiger partial charge in [0.05, 0.1) is 6.61 Å². The van der Waals surface area contributed by atoms with E-state index in [2.05, 4.69) is 6.92 Å². The smallest absolute Gasteiger partial charge is 0.333 e. The third-order valence-electron chi connectivity index (χ3n) is 5.43. The summed E-state index contributed by atoms with van der Waals surface area (Å²) in [6.07, 6.45) is 24.9. The van der Waals surface area contributed by atoms with Crippen LogP contribution in [0, 0.1) is 0 Å². The van der Waals surface area contributed by atoms with Crippen molar-refractivity contribution in [3.8, 4) is 0 Å². The van der Waals surface area contributed by atoms with Crippen LogP contribution in [0.4, 0.5) is 0 Å². The van der Waals surface area contributed by atoms with Crippen LogP contribution in [0.3, 0.4) is 0 Å². The molecule has 0 spiro atoms. The van der Waals surface area contributed by atoms with Gasteiger partial charge in [0.25, 0.3) is 0 Å². The van der Waals surface area contributed by atoms with Gasteiger partial charge in [-0.1, -0.05) is 110 Å². The largest absolute Gasteiger partial charge is 0.462 e. The molecule has 0 aromatic heterocycles. The molecule has 0 aromatic rings. The first-order valence-corrected chi connectivity index (χ1v) is 12.3. The fourth-order valence-electron chi connectivity index (χ4n) is 3.60. The van der Waals surface area contributed by atoms with E-state index in [1.807, 2.05) is 13.0 Å². The van der Waals surface area contributed by atoms with Gasteiger partial charge in [0, 0.05) is 5.57 Å². The van der Waals surface area contributed by atoms with Crippen LogP contribution in [0.2, 0.25) is 0 Å². The highest BCUT2D eigenvalue weighted by molar-refractivity contribution is 5.88. The van der Waals surface area contributed by atoms with E-state index in [0.29, 0.717) is 6.61 Å². The Kier molecular flexibility index (Phi) is 21.8. The van der Waals surface area contributed by atoms with E-state index >= 15 is 0 Å². The summed E-state index contributed by atoms with van der Waals surface area (Å²) in [5.74, 6) is -0.115. The topological polar surface area (TPSA) is 52.3 Å². The third-order valence-corrected chi connectivity index (χ3v) is 5.43. The maximum absolute atomic E-state index is 11.8. The van der Waals surface area contributed by atoms with Gasteiger partial charge in [-0.15, -0.1) is 0 Å². The van der Waals surface area contributed by atoms with E-state index in [1.54, 1.807) is 0 Å². The molecule has 0 fully saturated rings. The van der Waals surface area contributed by atoms with E-state index in [-0.39, 0.29) is 5.97 Å². The van der Waals surface area contributed by atoms with Crippen molar-refractivity contribution >= 4 is 5.97 Å². The molecule has 0 atom stereocenters. The van der Waals surface area contributed by atoms with Gasteiger partial charge in [0.2, 0.25) is 0 Å². The average molecular weight is 396 g/mol. The van der Waals surface area contributed by atoms with E-state index < -0.39 is 0 Å². The van der Waals surface area contributed by atoms with E-state index in [1.165, 1.54) is 96.3 Å². The molecule has 3 heteroatoms. The first-order valence-electron chi connectivity index (χ1n) is 12.3. The van der Waals surface area contributed by atoms with E-state index in [9.17, 15) is 4.79 Å². The molecule has 0 unspecified atom stereocenters. The summed E-state index contributed by atoms with van der Waals surface area (Å²) in [6, 6.07) is 0. The fourth-order valence-corrected chi connectivity index (χ4v) is 3.60. The van der Waals surface area contributed by atoms with Gasteiger partial charge in [-0.05, 0) is 32.2 Å². The Hall–Kier alpha value is -0.830. The Balaban J connectivity index is 3.22. The summed E-state index contributed by atoms with van der Waals surface area (Å²) in [4.78, 5) is 11.8. The lowest BCUT2D eigenvalue weighted by molar-refractivity contribution is -0.139. The maximum atomic E-state index is 11.8. The molecule has 2 N–H and O–H groups in total. The number of allylic oxidation sites excluding steroid dienone is 1. The summed E-state index contributed by atoms with van der Waals surface area (Å²) in [5.41, 5.74) is 6.33. The molecule has 166 valence electrons. The number of carbonyl (C=O) groups excluding carboxylic acids is 1. The van der Waals surface area contributed by atoms with Crippen LogP contribution in [0.1, 0.15) is 129 Å². The van der Waals surface area contributed by atoms with Crippen LogP contribution in [0.25, 0.3) is 0 Å². The number of hydrogen-bond acceptors (Lipinski definition) is 3. The van der Waals surface area contributed by atoms with Crippen LogP contribution < -0.4 is 5.73 Å². The molecule has 28 heavy (non-hydrogen) atoms. The molecular formula is C25H49NO2. The summed E-state index contributed by atoms with van der Waals surface area (Å²) < 4.78 is 5.36. The third kappa shape index (κ3) is 18.5. The predicted octanol–water partition coefficient (Wildman–Crippen LogP) is 7.48. The second-order valence-electron chi connectivity index (χ2n) is 8.07. The van der Waals surface area contributed by atoms with E-state index in [4.69, 9.17) is 10.5 Å². The van der Waals surface area contributed by atoms with Crippen molar-refractivity contribution in [1.82, 2.24) is 0 Å². The summed E-state index contributed by atoms with van der Waals surface area (Å²) in [6.45, 7) is 5.49. The summed E-state index contributed by atoms with van der Waals surface area (Å²) in [7, 11) is 0. The van der Waals surface area contributed by atoms with Gasteiger partial charge in [-0.2, -0.15) is 0 Å². The molecule has 0 saturated carbocycles. The van der Waals surface area contributed by atoms with Crippen molar-refractivity contribution in [3.63, 3.8) is 0 Å². The van der Waals surface area contributed by atoms with Crippen molar-refractivity contribution in [3.05, 3.63) is 11.6 Å². The zero-order chi connectivity index (χ0) is 20.7. The zero-order valence-corrected chi connectivity index (χ0v) is 19.1. The highest BCUT2D eigenvalue weighted by atomic mass is 16.5. The van der Waals surface area contributed by atoms with Gasteiger partial charge in [-0.25, -0.2) is 4.79 Å². The molecule has 0 rings (SSSR count). The second kappa shape index (κ2) is 22.5. The Morgan fingerprint density at radius 1 is 0.679 bits per heavy atom. The predicted molar refractivity (Wildman–Crippen MR) is 123 cm³/mol. The Morgan fingerprint density at radius 3 is 1.43 bits per heavy atom. The van der Waals surface area contributed by atoms with Crippen LogP contribution in [0.15, 0.2) is 11.6 Å². The number of rotatable bonds is 21. The maximum Gasteiger partial charge on any atom is 0.333 e. The van der Waals surface area contributed by atoms with Crippen molar-refractivity contribution in [2.75, 3.05) is 13.2 Å². The molecule has 3 nitrogen and oxygen atoms in total. The fraction of sp³-hybridized carbons (Fsp3) is 0.880. The molecular weight excluding hydrogens is 346 g/mol. The van der Waals surface area contributed by atoms with Gasteiger partial charge >= 0.3 is 5.97 Å². The Bertz CT molecular complexity index is 366. The Morgan fingerprint density at radius 2 is 1.07 bits per heavy atom. The molecule has 0 radical (unpaired) electrons. The SMILES string of the molecule is CCC=C(CC)C(=O)OCCCCCCCCCCCCCCCCCCN. The monoisotopic (exact) mass is 395 g/mol. The number of esters is 1. The minimum absolute atomic E-state index is 0.115. The molecule has 0 aliphatic heterocycles. The van der Waals surface area contributed by atoms with Crippen LogP contribution >= 0.6 is 0 Å². The van der Waals surface area contributed by atoms with E-state index in [0.717, 1.165) is 31.4 Å². The summed E-state index contributed by atoms with van der Waals surface area (Å²) in [5, 5.41) is 0. The Labute approximate surface area is 175 Å². The normalized spacial score (nSPS) is 11.8. The minimum atomic E-state index is -0.115. The average Bonchev–Trinajstić information content (AvgIpc) is 2.70. The van der Waals surface area contributed by atoms with Gasteiger partial charge in [-0.3, -0.25) is 0 Å². The summed E-state index contributed by atoms with van der Waals surface area (Å²) >= 11 is 0. The lowest BCUT2D eigenvalue weighted by Gasteiger charge is -2.07. The zero-order valence-electron chi connectivity index (χ0n) is 19.1. The van der Waals surface area contributed by atoms with Crippen molar-refractivity contribution in [2.24, 2.45) is 5.73 Å². The molecule has 0 saturated heterocycles. The number of carbonyl (C=O) groups is 1. The minimum Gasteiger partial charge on any atom is -0.462 e. The van der Waals surface area contributed by atoms with Crippen LogP contribution in [-0.4, -0.2) is 19.1 Å². The highest BCUT2D eigenvalue weighted by Crippen LogP contribution is 2.14. The number of hydrogen-bond donors (Lipinski definition) is 1. The van der Waals surface area contributed by atoms with Crippen LogP contribution in [0.5, 0.6) is 0 Å². The molecule has 0 aromatic carbocycles. The standard InChI is InChI=1S/C25H49NO2/c1-3-21-24(4-2)25(27)28-23-20-18-16-14-12-10-8-6-5-7-9-11-13-15-17-19-22-26/h21H,3-20,22-23,26H2,1-2H3. The molecule has 0 bridgehead atoms. The number of nitrogens with two attached hydrogens (primary N) is 1. The number of unbranched alkanes of at least 4 members (excludes halogenated alkanes) is 15. The van der Waals surface area contributed by atoms with Gasteiger partial charge in [0.1, 0.15) is 0 Å². The van der Waals surface area contributed by atoms with Crippen molar-refractivity contribution in [1.29, 1.82) is 0 Å². The highest BCUT2D eigenvalue weighted by Gasteiger charge is 2.07. The van der Waals surface area contributed by atoms with Crippen molar-refractivity contribution in [2.45, 2.75) is 129 Å². The molecule has 0 aliphatic carbocycles. The quantitative estimate of drug-likeness (QED) is 0.124. The molecule has 0 aliphatic rings. The second-order valence-corrected chi connectivity index (χ2v) is 8.07. The first-order chi connectivity index (χ1) is 13.8. The lowest BCUT2D eigenvalue weighted by atomic mass is 10.0. The molecule has 0 heterocycles. The first kappa shape index (κ1) is 27.2. The van der Waals surface area contributed by atoms with Crippen LogP contribution in [-0.2, 0) is 9.53 Å². The molecule has 0 amide bonds. The number of ether oxygens (including phenoxy) is 1. The van der Waals surface area contributed by atoms with Gasteiger partial charge in [0.15, 0.2) is 0 Å². The van der Waals surface area contributed by atoms with Crippen molar-refractivity contribution < 1.29 is 9.53 Å².